The minimum atomic E-state index is -0.915. The van der Waals surface area contributed by atoms with Crippen LogP contribution in [0.3, 0.4) is 0 Å². The highest BCUT2D eigenvalue weighted by Crippen LogP contribution is 2.28. The highest BCUT2D eigenvalue weighted by atomic mass is 19.1. The highest BCUT2D eigenvalue weighted by Gasteiger charge is 2.25. The Morgan fingerprint density at radius 1 is 1.21 bits per heavy atom. The average Bonchev–Trinajstić information content (AvgIpc) is 2.01. The maximum Gasteiger partial charge on any atom is 0.131 e. The Balaban J connectivity index is 3.44. The number of halogens is 2. The molecule has 0 bridgehead atoms. The van der Waals surface area contributed by atoms with Gasteiger partial charge in [-0.25, -0.2) is 8.78 Å². The van der Waals surface area contributed by atoms with Crippen molar-refractivity contribution in [3.63, 3.8) is 0 Å². The van der Waals surface area contributed by atoms with Crippen molar-refractivity contribution < 1.29 is 8.78 Å². The zero-order valence-electron chi connectivity index (χ0n) is 8.49. The molecule has 1 rings (SSSR count). The molecule has 74 valence electrons. The maximum atomic E-state index is 13.5. The average molecular weight is 194 g/mol. The van der Waals surface area contributed by atoms with Crippen molar-refractivity contribution in [1.29, 1.82) is 0 Å². The molecule has 0 N–H and O–H groups in total. The topological polar surface area (TPSA) is 0 Å². The lowest BCUT2D eigenvalue weighted by Crippen LogP contribution is -2.18. The van der Waals surface area contributed by atoms with Gasteiger partial charge in [0, 0.05) is 5.56 Å². The van der Waals surface area contributed by atoms with Crippen LogP contribution in [0.2, 0.25) is 0 Å². The Hall–Kier alpha value is -1.36. The van der Waals surface area contributed by atoms with Crippen molar-refractivity contribution >= 4 is 0 Å². The van der Waals surface area contributed by atoms with Gasteiger partial charge in [0.25, 0.3) is 0 Å². The van der Waals surface area contributed by atoms with Crippen LogP contribution in [0.4, 0.5) is 8.78 Å². The molecule has 1 aromatic carbocycles. The van der Waals surface area contributed by atoms with Gasteiger partial charge in [-0.15, -0.1) is 6.42 Å². The zero-order valence-corrected chi connectivity index (χ0v) is 8.49. The van der Waals surface area contributed by atoms with Gasteiger partial charge >= 0.3 is 0 Å². The van der Waals surface area contributed by atoms with E-state index < -0.39 is 17.0 Å². The van der Waals surface area contributed by atoms with Gasteiger partial charge in [0.2, 0.25) is 0 Å². The van der Waals surface area contributed by atoms with E-state index in [4.69, 9.17) is 6.42 Å². The zero-order chi connectivity index (χ0) is 10.9. The Morgan fingerprint density at radius 3 is 2.00 bits per heavy atom. The number of benzene rings is 1. The molecule has 0 saturated carbocycles. The number of hydrogen-bond donors (Lipinski definition) is 0. The Labute approximate surface area is 83.0 Å². The molecule has 0 fully saturated rings. The van der Waals surface area contributed by atoms with Crippen LogP contribution in [0.5, 0.6) is 0 Å². The second kappa shape index (κ2) is 3.42. The SMILES string of the molecule is C#CC(C)(C)c1c(F)cc(C)cc1F. The smallest absolute Gasteiger partial charge is 0.131 e. The van der Waals surface area contributed by atoms with Crippen LogP contribution in [-0.2, 0) is 5.41 Å². The molecule has 0 aromatic heterocycles. The number of hydrogen-bond acceptors (Lipinski definition) is 0. The second-order valence-electron chi connectivity index (χ2n) is 3.87. The summed E-state index contributed by atoms with van der Waals surface area (Å²) in [5.41, 5.74) is -0.399. The van der Waals surface area contributed by atoms with Crippen LogP contribution in [0, 0.1) is 30.9 Å². The van der Waals surface area contributed by atoms with Crippen molar-refractivity contribution in [2.24, 2.45) is 0 Å². The van der Waals surface area contributed by atoms with E-state index in [0.29, 0.717) is 5.56 Å². The predicted octanol–water partition coefficient (Wildman–Crippen LogP) is 3.18. The second-order valence-corrected chi connectivity index (χ2v) is 3.87. The standard InChI is InChI=1S/C12H12F2/c1-5-12(3,4)11-9(13)6-8(2)7-10(11)14/h1,6-7H,2-4H3. The molecule has 14 heavy (non-hydrogen) atoms. The van der Waals surface area contributed by atoms with Crippen LogP contribution >= 0.6 is 0 Å². The molecular formula is C12H12F2. The van der Waals surface area contributed by atoms with E-state index in [0.717, 1.165) is 0 Å². The van der Waals surface area contributed by atoms with E-state index in [2.05, 4.69) is 5.92 Å². The van der Waals surface area contributed by atoms with Gasteiger partial charge in [0.05, 0.1) is 5.41 Å². The molecule has 0 unspecified atom stereocenters. The van der Waals surface area contributed by atoms with Crippen LogP contribution in [-0.4, -0.2) is 0 Å². The van der Waals surface area contributed by atoms with Crippen LogP contribution in [0.25, 0.3) is 0 Å². The summed E-state index contributed by atoms with van der Waals surface area (Å²) in [6, 6.07) is 2.58. The number of terminal acetylenes is 1. The van der Waals surface area contributed by atoms with Crippen molar-refractivity contribution in [3.8, 4) is 12.3 Å². The van der Waals surface area contributed by atoms with Gasteiger partial charge in [0.1, 0.15) is 11.6 Å². The first kappa shape index (κ1) is 10.7. The molecule has 0 saturated heterocycles. The highest BCUT2D eigenvalue weighted by molar-refractivity contribution is 5.36. The van der Waals surface area contributed by atoms with Crippen molar-refractivity contribution in [2.75, 3.05) is 0 Å². The first-order chi connectivity index (χ1) is 6.38. The molecule has 0 aliphatic heterocycles. The fourth-order valence-electron chi connectivity index (χ4n) is 1.37. The summed E-state index contributed by atoms with van der Waals surface area (Å²) in [5, 5.41) is 0. The molecule has 0 spiro atoms. The predicted molar refractivity (Wildman–Crippen MR) is 53.0 cm³/mol. The van der Waals surface area contributed by atoms with Crippen molar-refractivity contribution in [1.82, 2.24) is 0 Å². The minimum Gasteiger partial charge on any atom is -0.207 e. The lowest BCUT2D eigenvalue weighted by atomic mass is 9.84. The summed E-state index contributed by atoms with van der Waals surface area (Å²) in [5.74, 6) is 1.22. The first-order valence-corrected chi connectivity index (χ1v) is 4.32. The molecule has 0 radical (unpaired) electrons. The number of rotatable bonds is 1. The monoisotopic (exact) mass is 194 g/mol. The van der Waals surface area contributed by atoms with E-state index in [-0.39, 0.29) is 5.56 Å². The van der Waals surface area contributed by atoms with E-state index in [1.807, 2.05) is 0 Å². The third-order valence-corrected chi connectivity index (χ3v) is 2.17. The molecule has 0 amide bonds. The number of aryl methyl sites for hydroxylation is 1. The van der Waals surface area contributed by atoms with Crippen LogP contribution in [0.15, 0.2) is 12.1 Å². The van der Waals surface area contributed by atoms with Crippen LogP contribution < -0.4 is 0 Å². The summed E-state index contributed by atoms with van der Waals surface area (Å²) in [4.78, 5) is 0. The Morgan fingerprint density at radius 2 is 1.64 bits per heavy atom. The lowest BCUT2D eigenvalue weighted by Gasteiger charge is -2.19. The molecule has 1 aromatic rings. The van der Waals surface area contributed by atoms with Crippen LogP contribution in [0.1, 0.15) is 25.0 Å². The Kier molecular flexibility index (Phi) is 2.62. The normalized spacial score (nSPS) is 11.1. The molecule has 0 aliphatic carbocycles. The summed E-state index contributed by atoms with van der Waals surface area (Å²) in [7, 11) is 0. The van der Waals surface area contributed by atoms with E-state index >= 15 is 0 Å². The van der Waals surface area contributed by atoms with E-state index in [9.17, 15) is 8.78 Å². The van der Waals surface area contributed by atoms with Gasteiger partial charge in [-0.3, -0.25) is 0 Å². The Bertz CT molecular complexity index is 374. The maximum absolute atomic E-state index is 13.5. The summed E-state index contributed by atoms with van der Waals surface area (Å²) in [6.07, 6.45) is 5.23. The summed E-state index contributed by atoms with van der Waals surface area (Å²) < 4.78 is 26.9. The summed E-state index contributed by atoms with van der Waals surface area (Å²) in [6.45, 7) is 4.87. The van der Waals surface area contributed by atoms with E-state index in [1.54, 1.807) is 20.8 Å². The fraction of sp³-hybridized carbons (Fsp3) is 0.333. The van der Waals surface area contributed by atoms with Crippen molar-refractivity contribution in [3.05, 3.63) is 34.9 Å². The third-order valence-electron chi connectivity index (χ3n) is 2.17. The minimum absolute atomic E-state index is 0.0365. The molecule has 0 atom stereocenters. The van der Waals surface area contributed by atoms with Gasteiger partial charge in [0.15, 0.2) is 0 Å². The largest absolute Gasteiger partial charge is 0.207 e. The molecule has 0 nitrogen and oxygen atoms in total. The molecular weight excluding hydrogens is 182 g/mol. The van der Waals surface area contributed by atoms with Gasteiger partial charge in [-0.05, 0) is 38.5 Å². The van der Waals surface area contributed by atoms with Gasteiger partial charge in [-0.2, -0.15) is 0 Å². The lowest BCUT2D eigenvalue weighted by molar-refractivity contribution is 0.510. The first-order valence-electron chi connectivity index (χ1n) is 4.32. The quantitative estimate of drug-likeness (QED) is 0.602. The van der Waals surface area contributed by atoms with E-state index in [1.165, 1.54) is 12.1 Å². The fourth-order valence-corrected chi connectivity index (χ4v) is 1.37. The molecule has 0 heterocycles. The van der Waals surface area contributed by atoms with Gasteiger partial charge in [-0.1, -0.05) is 5.92 Å². The summed E-state index contributed by atoms with van der Waals surface area (Å²) >= 11 is 0. The van der Waals surface area contributed by atoms with Gasteiger partial charge < -0.3 is 0 Å². The van der Waals surface area contributed by atoms with Crippen molar-refractivity contribution in [2.45, 2.75) is 26.2 Å². The third kappa shape index (κ3) is 1.77. The molecule has 2 heteroatoms. The molecule has 0 aliphatic rings.